The third kappa shape index (κ3) is 6.93. The van der Waals surface area contributed by atoms with Gasteiger partial charge in [0.2, 0.25) is 0 Å². The molecule has 2 aromatic carbocycles. The fourth-order valence-electron chi connectivity index (χ4n) is 6.05. The van der Waals surface area contributed by atoms with Crippen LogP contribution in [0, 0.1) is 13.8 Å². The van der Waals surface area contributed by atoms with Crippen LogP contribution in [0.5, 0.6) is 11.5 Å². The van der Waals surface area contributed by atoms with Crippen LogP contribution in [-0.4, -0.2) is 67.3 Å². The monoisotopic (exact) mass is 656 g/mol. The number of methoxy groups -OCH3 is 1. The minimum absolute atomic E-state index is 0.0444. The smallest absolute Gasteiger partial charge is 0.252 e. The summed E-state index contributed by atoms with van der Waals surface area (Å²) in [5, 5.41) is 9.06. The third-order valence-electron chi connectivity index (χ3n) is 8.43. The van der Waals surface area contributed by atoms with Crippen LogP contribution in [0.2, 0.25) is 10.0 Å². The molecule has 3 aromatic rings. The first-order valence-electron chi connectivity index (χ1n) is 15.1. The van der Waals surface area contributed by atoms with E-state index in [0.29, 0.717) is 42.2 Å². The normalized spacial score (nSPS) is 19.7. The molecule has 2 atom stereocenters. The summed E-state index contributed by atoms with van der Waals surface area (Å²) in [4.78, 5) is 22.2. The van der Waals surface area contributed by atoms with Crippen LogP contribution in [0.15, 0.2) is 42.1 Å². The van der Waals surface area contributed by atoms with Crippen LogP contribution < -0.4 is 20.1 Å². The molecule has 2 aliphatic heterocycles. The molecule has 11 heteroatoms. The zero-order valence-corrected chi connectivity index (χ0v) is 27.6. The van der Waals surface area contributed by atoms with Gasteiger partial charge in [-0.3, -0.25) is 4.79 Å². The summed E-state index contributed by atoms with van der Waals surface area (Å²) in [7, 11) is 1.69. The third-order valence-corrected chi connectivity index (χ3v) is 10.0. The quantitative estimate of drug-likeness (QED) is 0.233. The Labute approximate surface area is 272 Å². The van der Waals surface area contributed by atoms with Gasteiger partial charge in [-0.15, -0.1) is 11.3 Å². The lowest BCUT2D eigenvalue weighted by molar-refractivity contribution is -0.128. The Kier molecular flexibility index (Phi) is 9.80. The van der Waals surface area contributed by atoms with Crippen LogP contribution in [0.4, 0.5) is 0 Å². The molecular weight excluding hydrogens is 619 g/mol. The van der Waals surface area contributed by atoms with Crippen LogP contribution >= 0.6 is 34.5 Å². The number of hydrogen-bond acceptors (Lipinski definition) is 8. The molecule has 8 nitrogen and oxygen atoms in total. The van der Waals surface area contributed by atoms with E-state index >= 15 is 0 Å². The van der Waals surface area contributed by atoms with Crippen LogP contribution in [0.25, 0.3) is 5.57 Å². The predicted molar refractivity (Wildman–Crippen MR) is 175 cm³/mol. The van der Waals surface area contributed by atoms with Crippen LogP contribution in [-0.2, 0) is 22.7 Å². The van der Waals surface area contributed by atoms with E-state index in [2.05, 4.69) is 33.5 Å². The van der Waals surface area contributed by atoms with Crippen molar-refractivity contribution in [1.29, 1.82) is 0 Å². The van der Waals surface area contributed by atoms with Crippen LogP contribution in [0.3, 0.4) is 0 Å². The number of nitrogens with one attached hydrogen (secondary N) is 2. The summed E-state index contributed by atoms with van der Waals surface area (Å²) >= 11 is 14.2. The maximum absolute atomic E-state index is 14.5. The van der Waals surface area contributed by atoms with Gasteiger partial charge in [0.05, 0.1) is 41.3 Å². The first-order chi connectivity index (χ1) is 21.3. The number of halogens is 2. The number of benzene rings is 2. The Bertz CT molecular complexity index is 1530. The van der Waals surface area contributed by atoms with E-state index < -0.39 is 0 Å². The summed E-state index contributed by atoms with van der Waals surface area (Å²) < 4.78 is 17.2. The van der Waals surface area contributed by atoms with Crippen molar-refractivity contribution in [3.05, 3.63) is 78.7 Å². The lowest BCUT2D eigenvalue weighted by atomic mass is 9.86. The number of ether oxygens (including phenoxy) is 3. The van der Waals surface area contributed by atoms with E-state index in [1.54, 1.807) is 18.4 Å². The lowest BCUT2D eigenvalue weighted by Crippen LogP contribution is -2.59. The fourth-order valence-corrected chi connectivity index (χ4v) is 7.67. The Morgan fingerprint density at radius 1 is 1.14 bits per heavy atom. The molecule has 0 radical (unpaired) electrons. The number of thiazole rings is 1. The number of rotatable bonds is 12. The van der Waals surface area contributed by atoms with Gasteiger partial charge in [-0.2, -0.15) is 0 Å². The number of carbonyl (C=O) groups is 1. The number of aromatic nitrogens is 1. The average Bonchev–Trinajstić information content (AvgIpc) is 3.73. The highest BCUT2D eigenvalue weighted by Gasteiger charge is 2.41. The number of nitrogens with zero attached hydrogens (tertiary/aromatic N) is 2. The van der Waals surface area contributed by atoms with E-state index in [0.717, 1.165) is 75.8 Å². The highest BCUT2D eigenvalue weighted by molar-refractivity contribution is 7.12. The molecule has 2 unspecified atom stereocenters. The van der Waals surface area contributed by atoms with E-state index in [1.807, 2.05) is 37.4 Å². The molecule has 2 bridgehead atoms. The number of piperazine rings is 1. The molecule has 1 amide bonds. The zero-order chi connectivity index (χ0) is 30.8. The van der Waals surface area contributed by atoms with Gasteiger partial charge in [0, 0.05) is 43.5 Å². The molecule has 1 aliphatic carbocycles. The number of fused-ring (bicyclic) bond motifs is 2. The van der Waals surface area contributed by atoms with Crippen molar-refractivity contribution in [2.75, 3.05) is 33.4 Å². The van der Waals surface area contributed by atoms with Gasteiger partial charge in [-0.05, 0) is 73.6 Å². The minimum atomic E-state index is -0.0444. The van der Waals surface area contributed by atoms with Crippen molar-refractivity contribution in [2.24, 2.45) is 0 Å². The maximum Gasteiger partial charge on any atom is 0.252 e. The van der Waals surface area contributed by atoms with Gasteiger partial charge in [0.15, 0.2) is 5.75 Å². The largest absolute Gasteiger partial charge is 0.496 e. The second-order valence-electron chi connectivity index (χ2n) is 11.7. The van der Waals surface area contributed by atoms with E-state index in [4.69, 9.17) is 37.4 Å². The van der Waals surface area contributed by atoms with Gasteiger partial charge in [-0.25, -0.2) is 4.98 Å². The van der Waals surface area contributed by atoms with Crippen molar-refractivity contribution in [2.45, 2.75) is 64.4 Å². The average molecular weight is 658 g/mol. The predicted octanol–water partition coefficient (Wildman–Crippen LogP) is 5.95. The Morgan fingerprint density at radius 3 is 2.68 bits per heavy atom. The highest BCUT2D eigenvalue weighted by atomic mass is 35.5. The first-order valence-corrected chi connectivity index (χ1v) is 16.6. The summed E-state index contributed by atoms with van der Waals surface area (Å²) in [5.41, 5.74) is 5.13. The van der Waals surface area contributed by atoms with Crippen molar-refractivity contribution >= 4 is 46.0 Å². The fraction of sp³-hybridized carbons (Fsp3) is 0.455. The van der Waals surface area contributed by atoms with Gasteiger partial charge < -0.3 is 29.7 Å². The van der Waals surface area contributed by atoms with E-state index in [-0.39, 0.29) is 24.0 Å². The van der Waals surface area contributed by atoms with E-state index in [1.165, 1.54) is 0 Å². The molecule has 1 saturated heterocycles. The molecule has 6 rings (SSSR count). The lowest BCUT2D eigenvalue weighted by Gasteiger charge is -2.40. The Balaban J connectivity index is 1.17. The second-order valence-corrected chi connectivity index (χ2v) is 13.6. The maximum atomic E-state index is 14.5. The molecule has 2 fully saturated rings. The SMILES string of the molecule is COc1cccc(CN(C(=O)C2=C(c3cnc(COCCOc4c(Cl)cc(C)cc4Cl)s3)CC3CNCC2N3)C2CC2)c1C. The number of hydrogen-bond donors (Lipinski definition) is 2. The number of aryl methyl sites for hydroxylation is 1. The molecule has 3 heterocycles. The van der Waals surface area contributed by atoms with Gasteiger partial charge in [0.1, 0.15) is 17.4 Å². The second kappa shape index (κ2) is 13.8. The topological polar surface area (TPSA) is 85.0 Å². The summed E-state index contributed by atoms with van der Waals surface area (Å²) in [6.45, 7) is 7.19. The zero-order valence-electron chi connectivity index (χ0n) is 25.3. The van der Waals surface area contributed by atoms with Gasteiger partial charge in [0.25, 0.3) is 5.91 Å². The standard InChI is InChI=1S/C33H38Cl2N4O4S/c1-19-11-25(34)32(26(35)12-19)43-10-9-42-18-30-37-16-29(44-30)24-13-22-14-36-15-27(38-22)31(24)33(40)39(23-7-8-23)17-21-5-4-6-28(41-3)20(21)2/h4-6,11-12,16,22-23,27,36,38H,7-10,13-15,17-18H2,1-3H3. The van der Waals surface area contributed by atoms with Gasteiger partial charge in [-0.1, -0.05) is 35.3 Å². The number of amides is 1. The van der Waals surface area contributed by atoms with Crippen molar-refractivity contribution in [3.8, 4) is 11.5 Å². The summed E-state index contributed by atoms with van der Waals surface area (Å²) in [6, 6.07) is 10.2. The minimum Gasteiger partial charge on any atom is -0.496 e. The molecule has 1 saturated carbocycles. The highest BCUT2D eigenvalue weighted by Crippen LogP contribution is 2.39. The van der Waals surface area contributed by atoms with E-state index in [9.17, 15) is 4.79 Å². The number of carbonyl (C=O) groups excluding carboxylic acids is 1. The molecule has 3 aliphatic rings. The van der Waals surface area contributed by atoms with Crippen molar-refractivity contribution in [3.63, 3.8) is 0 Å². The molecule has 2 N–H and O–H groups in total. The Morgan fingerprint density at radius 2 is 1.93 bits per heavy atom. The van der Waals surface area contributed by atoms with Crippen LogP contribution in [0.1, 0.15) is 45.8 Å². The Hall–Kier alpha value is -2.66. The summed E-state index contributed by atoms with van der Waals surface area (Å²) in [6.07, 6.45) is 4.74. The van der Waals surface area contributed by atoms with Crippen molar-refractivity contribution < 1.29 is 19.0 Å². The molecule has 44 heavy (non-hydrogen) atoms. The molecule has 1 aromatic heterocycles. The molecule has 0 spiro atoms. The van der Waals surface area contributed by atoms with Crippen molar-refractivity contribution in [1.82, 2.24) is 20.5 Å². The first kappa shape index (κ1) is 31.3. The van der Waals surface area contributed by atoms with Gasteiger partial charge >= 0.3 is 0 Å². The summed E-state index contributed by atoms with van der Waals surface area (Å²) in [5.74, 6) is 1.43. The molecule has 234 valence electrons. The molecular formula is C33H38Cl2N4O4S.